The van der Waals surface area contributed by atoms with E-state index in [2.05, 4.69) is 26.1 Å². The molecule has 4 heterocycles. The Kier molecular flexibility index (Phi) is 5.40. The van der Waals surface area contributed by atoms with Gasteiger partial charge in [0.15, 0.2) is 11.3 Å². The molecular weight excluding hydrogens is 426 g/mol. The predicted molar refractivity (Wildman–Crippen MR) is 123 cm³/mol. The third-order valence-electron chi connectivity index (χ3n) is 6.04. The molecule has 1 fully saturated rings. The van der Waals surface area contributed by atoms with Crippen molar-refractivity contribution in [1.29, 1.82) is 0 Å². The van der Waals surface area contributed by atoms with Crippen molar-refractivity contribution >= 4 is 23.2 Å². The van der Waals surface area contributed by atoms with Gasteiger partial charge in [-0.05, 0) is 30.7 Å². The quantitative estimate of drug-likeness (QED) is 0.479. The summed E-state index contributed by atoms with van der Waals surface area (Å²) in [6.07, 6.45) is 3.55. The van der Waals surface area contributed by atoms with Crippen LogP contribution in [0.2, 0.25) is 5.02 Å². The number of fused-ring (bicyclic) bond motifs is 1. The van der Waals surface area contributed by atoms with Crippen molar-refractivity contribution in [2.45, 2.75) is 13.5 Å². The van der Waals surface area contributed by atoms with Crippen LogP contribution in [0.25, 0.3) is 16.9 Å². The monoisotopic (exact) mass is 449 g/mol. The molecule has 4 aromatic rings. The molecule has 8 nitrogen and oxygen atoms in total. The van der Waals surface area contributed by atoms with E-state index >= 15 is 0 Å². The van der Waals surface area contributed by atoms with Crippen LogP contribution in [0.5, 0.6) is 0 Å². The molecule has 0 saturated carbocycles. The SMILES string of the molecule is Cc1c(-c2ccnc3cc(C(=O)N4CCN(Cc5cccc(Cl)c5)CC4)nn23)cnn1C. The summed E-state index contributed by atoms with van der Waals surface area (Å²) in [5.74, 6) is -0.0632. The van der Waals surface area contributed by atoms with Gasteiger partial charge in [0.1, 0.15) is 0 Å². The highest BCUT2D eigenvalue weighted by molar-refractivity contribution is 6.30. The van der Waals surface area contributed by atoms with Gasteiger partial charge in [0.2, 0.25) is 0 Å². The summed E-state index contributed by atoms with van der Waals surface area (Å²) >= 11 is 6.10. The van der Waals surface area contributed by atoms with Gasteiger partial charge in [0.05, 0.1) is 11.9 Å². The number of hydrogen-bond donors (Lipinski definition) is 0. The van der Waals surface area contributed by atoms with Crippen molar-refractivity contribution in [3.63, 3.8) is 0 Å². The number of carbonyl (C=O) groups excluding carboxylic acids is 1. The average Bonchev–Trinajstić information content (AvgIpc) is 3.37. The maximum absolute atomic E-state index is 13.2. The van der Waals surface area contributed by atoms with Crippen molar-refractivity contribution < 1.29 is 4.79 Å². The lowest BCUT2D eigenvalue weighted by Crippen LogP contribution is -2.48. The fraction of sp³-hybridized carbons (Fsp3) is 0.304. The van der Waals surface area contributed by atoms with Gasteiger partial charge in [-0.2, -0.15) is 10.2 Å². The molecule has 32 heavy (non-hydrogen) atoms. The smallest absolute Gasteiger partial charge is 0.274 e. The molecule has 0 radical (unpaired) electrons. The van der Waals surface area contributed by atoms with Gasteiger partial charge in [-0.3, -0.25) is 14.4 Å². The number of halogens is 1. The van der Waals surface area contributed by atoms with E-state index in [4.69, 9.17) is 11.6 Å². The molecule has 1 saturated heterocycles. The summed E-state index contributed by atoms with van der Waals surface area (Å²) < 4.78 is 3.55. The third-order valence-corrected chi connectivity index (χ3v) is 6.28. The predicted octanol–water partition coefficient (Wildman–Crippen LogP) is 3.05. The van der Waals surface area contributed by atoms with Crippen LogP contribution in [0.4, 0.5) is 0 Å². The minimum atomic E-state index is -0.0632. The zero-order chi connectivity index (χ0) is 22.2. The Bertz CT molecular complexity index is 1290. The average molecular weight is 450 g/mol. The number of aromatic nitrogens is 5. The summed E-state index contributed by atoms with van der Waals surface area (Å²) in [7, 11) is 1.90. The van der Waals surface area contributed by atoms with Gasteiger partial charge < -0.3 is 4.90 Å². The highest BCUT2D eigenvalue weighted by atomic mass is 35.5. The fourth-order valence-corrected chi connectivity index (χ4v) is 4.33. The zero-order valence-electron chi connectivity index (χ0n) is 18.1. The van der Waals surface area contributed by atoms with Crippen molar-refractivity contribution in [2.24, 2.45) is 7.05 Å². The molecule has 0 N–H and O–H groups in total. The number of piperazine rings is 1. The van der Waals surface area contributed by atoms with E-state index in [1.54, 1.807) is 16.8 Å². The Hall–Kier alpha value is -3.23. The molecule has 1 amide bonds. The van der Waals surface area contributed by atoms with Crippen LogP contribution in [0.15, 0.2) is 48.8 Å². The molecule has 0 atom stereocenters. The van der Waals surface area contributed by atoms with Crippen LogP contribution in [0.3, 0.4) is 0 Å². The standard InChI is InChI=1S/C23H24ClN7O/c1-16-19(14-26-28(16)2)21-6-7-25-22-13-20(27-31(21)22)23(32)30-10-8-29(9-11-30)15-17-4-3-5-18(24)12-17/h3-7,12-14H,8-11,15H2,1-2H3. The molecule has 0 aliphatic carbocycles. The minimum Gasteiger partial charge on any atom is -0.335 e. The summed E-state index contributed by atoms with van der Waals surface area (Å²) in [4.78, 5) is 21.8. The summed E-state index contributed by atoms with van der Waals surface area (Å²) in [5, 5.41) is 9.68. The Morgan fingerprint density at radius 2 is 1.94 bits per heavy atom. The van der Waals surface area contributed by atoms with E-state index in [0.717, 1.165) is 41.6 Å². The molecule has 1 aliphatic rings. The first-order chi connectivity index (χ1) is 15.5. The van der Waals surface area contributed by atoms with Gasteiger partial charge in [0.25, 0.3) is 5.91 Å². The number of amides is 1. The van der Waals surface area contributed by atoms with Gasteiger partial charge in [0, 0.05) is 68.3 Å². The summed E-state index contributed by atoms with van der Waals surface area (Å²) in [6, 6.07) is 11.6. The van der Waals surface area contributed by atoms with Gasteiger partial charge >= 0.3 is 0 Å². The second kappa shape index (κ2) is 8.37. The van der Waals surface area contributed by atoms with Crippen molar-refractivity contribution in [3.8, 4) is 11.3 Å². The van der Waals surface area contributed by atoms with E-state index in [1.807, 2.05) is 54.0 Å². The Morgan fingerprint density at radius 3 is 2.66 bits per heavy atom. The second-order valence-electron chi connectivity index (χ2n) is 8.10. The highest BCUT2D eigenvalue weighted by Crippen LogP contribution is 2.23. The van der Waals surface area contributed by atoms with E-state index in [0.29, 0.717) is 24.4 Å². The number of nitrogens with zero attached hydrogens (tertiary/aromatic N) is 7. The van der Waals surface area contributed by atoms with Crippen LogP contribution in [-0.4, -0.2) is 66.3 Å². The molecule has 164 valence electrons. The lowest BCUT2D eigenvalue weighted by atomic mass is 10.2. The van der Waals surface area contributed by atoms with Crippen molar-refractivity contribution in [1.82, 2.24) is 34.2 Å². The van der Waals surface area contributed by atoms with E-state index < -0.39 is 0 Å². The summed E-state index contributed by atoms with van der Waals surface area (Å²) in [6.45, 7) is 5.78. The first-order valence-corrected chi connectivity index (χ1v) is 11.0. The van der Waals surface area contributed by atoms with Gasteiger partial charge in [-0.25, -0.2) is 9.50 Å². The molecule has 0 unspecified atom stereocenters. The topological polar surface area (TPSA) is 71.6 Å². The Balaban J connectivity index is 1.31. The second-order valence-corrected chi connectivity index (χ2v) is 8.53. The Morgan fingerprint density at radius 1 is 1.12 bits per heavy atom. The molecule has 5 rings (SSSR count). The Labute approximate surface area is 191 Å². The zero-order valence-corrected chi connectivity index (χ0v) is 18.8. The largest absolute Gasteiger partial charge is 0.335 e. The van der Waals surface area contributed by atoms with Crippen molar-refractivity contribution in [3.05, 3.63) is 70.8 Å². The molecule has 0 bridgehead atoms. The summed E-state index contributed by atoms with van der Waals surface area (Å²) in [5.41, 5.74) is 5.10. The third kappa shape index (κ3) is 3.87. The maximum Gasteiger partial charge on any atom is 0.274 e. The highest BCUT2D eigenvalue weighted by Gasteiger charge is 2.25. The number of carbonyl (C=O) groups is 1. The molecule has 9 heteroatoms. The molecule has 0 spiro atoms. The van der Waals surface area contributed by atoms with Crippen LogP contribution >= 0.6 is 11.6 Å². The normalized spacial score (nSPS) is 14.9. The maximum atomic E-state index is 13.2. The first kappa shape index (κ1) is 20.7. The molecule has 1 aliphatic heterocycles. The number of hydrogen-bond acceptors (Lipinski definition) is 5. The number of benzene rings is 1. The van der Waals surface area contributed by atoms with E-state index in [1.165, 1.54) is 5.56 Å². The molecular formula is C23H24ClN7O. The number of aryl methyl sites for hydroxylation is 1. The van der Waals surface area contributed by atoms with E-state index in [9.17, 15) is 4.79 Å². The van der Waals surface area contributed by atoms with Crippen molar-refractivity contribution in [2.75, 3.05) is 26.2 Å². The van der Waals surface area contributed by atoms with Gasteiger partial charge in [-0.1, -0.05) is 23.7 Å². The fourth-order valence-electron chi connectivity index (χ4n) is 4.12. The van der Waals surface area contributed by atoms with Crippen LogP contribution in [0.1, 0.15) is 21.7 Å². The lowest BCUT2D eigenvalue weighted by Gasteiger charge is -2.34. The van der Waals surface area contributed by atoms with Crippen LogP contribution in [0, 0.1) is 6.92 Å². The first-order valence-electron chi connectivity index (χ1n) is 10.6. The molecule has 3 aromatic heterocycles. The number of rotatable bonds is 4. The molecule has 1 aromatic carbocycles. The van der Waals surface area contributed by atoms with Crippen LogP contribution < -0.4 is 0 Å². The van der Waals surface area contributed by atoms with Crippen LogP contribution in [-0.2, 0) is 13.6 Å². The lowest BCUT2D eigenvalue weighted by molar-refractivity contribution is 0.0622. The van der Waals surface area contributed by atoms with E-state index in [-0.39, 0.29) is 5.91 Å². The minimum absolute atomic E-state index is 0.0632. The van der Waals surface area contributed by atoms with Gasteiger partial charge in [-0.15, -0.1) is 0 Å².